The Hall–Kier alpha value is -1.43. The number of rotatable bonds is 7. The molecule has 5 heteroatoms. The van der Waals surface area contributed by atoms with E-state index in [4.69, 9.17) is 4.74 Å². The molecule has 1 N–H and O–H groups in total. The number of hydrogen-bond donors (Lipinski definition) is 1. The van der Waals surface area contributed by atoms with Crippen LogP contribution in [0.5, 0.6) is 0 Å². The summed E-state index contributed by atoms with van der Waals surface area (Å²) in [6.07, 6.45) is 3.72. The second-order valence-electron chi connectivity index (χ2n) is 6.80. The minimum atomic E-state index is 0.138. The van der Waals surface area contributed by atoms with E-state index < -0.39 is 0 Å². The zero-order chi connectivity index (χ0) is 16.6. The molecule has 0 radical (unpaired) electrons. The molecule has 1 aromatic rings. The molecule has 1 atom stereocenters. The monoisotopic (exact) mass is 331 g/mol. The summed E-state index contributed by atoms with van der Waals surface area (Å²) in [7, 11) is 0. The van der Waals surface area contributed by atoms with Crippen molar-refractivity contribution in [3.05, 3.63) is 35.9 Å². The first-order valence-electron chi connectivity index (χ1n) is 9.16. The number of carbonyl (C=O) groups is 1. The lowest BCUT2D eigenvalue weighted by Gasteiger charge is -2.35. The van der Waals surface area contributed by atoms with E-state index >= 15 is 0 Å². The summed E-state index contributed by atoms with van der Waals surface area (Å²) < 4.78 is 5.71. The highest BCUT2D eigenvalue weighted by Gasteiger charge is 2.23. The third kappa shape index (κ3) is 5.58. The van der Waals surface area contributed by atoms with E-state index in [0.29, 0.717) is 19.2 Å². The van der Waals surface area contributed by atoms with Gasteiger partial charge in [-0.25, -0.2) is 0 Å². The standard InChI is InChI=1S/C19H29N3O2/c23-19(20-9-8-17-5-2-1-3-6-17)16-22-12-10-21(11-13-22)15-18-7-4-14-24-18/h1-3,5-6,18H,4,7-16H2,(H,20,23). The van der Waals surface area contributed by atoms with Gasteiger partial charge in [0, 0.05) is 45.9 Å². The third-order valence-electron chi connectivity index (χ3n) is 4.90. The molecule has 2 saturated heterocycles. The van der Waals surface area contributed by atoms with E-state index in [1.807, 2.05) is 18.2 Å². The molecule has 132 valence electrons. The predicted molar refractivity (Wildman–Crippen MR) is 95.0 cm³/mol. The van der Waals surface area contributed by atoms with Gasteiger partial charge in [0.25, 0.3) is 0 Å². The van der Waals surface area contributed by atoms with Gasteiger partial charge in [-0.2, -0.15) is 0 Å². The van der Waals surface area contributed by atoms with Crippen molar-refractivity contribution in [2.24, 2.45) is 0 Å². The minimum Gasteiger partial charge on any atom is -0.377 e. The van der Waals surface area contributed by atoms with Crippen LogP contribution in [0.25, 0.3) is 0 Å². The van der Waals surface area contributed by atoms with Gasteiger partial charge >= 0.3 is 0 Å². The van der Waals surface area contributed by atoms with Gasteiger partial charge in [-0.1, -0.05) is 30.3 Å². The Morgan fingerprint density at radius 3 is 2.58 bits per heavy atom. The first-order valence-corrected chi connectivity index (χ1v) is 9.16. The molecule has 1 aromatic carbocycles. The highest BCUT2D eigenvalue weighted by molar-refractivity contribution is 5.78. The van der Waals surface area contributed by atoms with E-state index in [1.165, 1.54) is 18.4 Å². The summed E-state index contributed by atoms with van der Waals surface area (Å²) >= 11 is 0. The van der Waals surface area contributed by atoms with Gasteiger partial charge in [0.05, 0.1) is 12.6 Å². The highest BCUT2D eigenvalue weighted by Crippen LogP contribution is 2.14. The van der Waals surface area contributed by atoms with Crippen LogP contribution in [-0.2, 0) is 16.0 Å². The first kappa shape index (κ1) is 17.4. The lowest BCUT2D eigenvalue weighted by atomic mass is 10.1. The van der Waals surface area contributed by atoms with Crippen molar-refractivity contribution in [2.75, 3.05) is 52.4 Å². The molecule has 1 amide bonds. The van der Waals surface area contributed by atoms with Crippen molar-refractivity contribution in [3.63, 3.8) is 0 Å². The number of piperazine rings is 1. The number of nitrogens with one attached hydrogen (secondary N) is 1. The predicted octanol–water partition coefficient (Wildman–Crippen LogP) is 1.14. The molecule has 0 aromatic heterocycles. The van der Waals surface area contributed by atoms with Crippen molar-refractivity contribution >= 4 is 5.91 Å². The zero-order valence-corrected chi connectivity index (χ0v) is 14.5. The van der Waals surface area contributed by atoms with Gasteiger partial charge in [0.1, 0.15) is 0 Å². The second-order valence-corrected chi connectivity index (χ2v) is 6.80. The number of nitrogens with zero attached hydrogens (tertiary/aromatic N) is 2. The normalized spacial score (nSPS) is 22.6. The van der Waals surface area contributed by atoms with Crippen molar-refractivity contribution < 1.29 is 9.53 Å². The summed E-state index contributed by atoms with van der Waals surface area (Å²) in [5, 5.41) is 3.03. The van der Waals surface area contributed by atoms with Crippen molar-refractivity contribution in [2.45, 2.75) is 25.4 Å². The number of hydrogen-bond acceptors (Lipinski definition) is 4. The molecular weight excluding hydrogens is 302 g/mol. The molecule has 1 unspecified atom stereocenters. The zero-order valence-electron chi connectivity index (χ0n) is 14.5. The Morgan fingerprint density at radius 1 is 1.12 bits per heavy atom. The minimum absolute atomic E-state index is 0.138. The SMILES string of the molecule is O=C(CN1CCN(CC2CCCO2)CC1)NCCc1ccccc1. The van der Waals surface area contributed by atoms with E-state index in [0.717, 1.165) is 45.8 Å². The molecule has 2 fully saturated rings. The second kappa shape index (κ2) is 9.16. The van der Waals surface area contributed by atoms with Crippen molar-refractivity contribution in [1.82, 2.24) is 15.1 Å². The molecule has 0 bridgehead atoms. The van der Waals surface area contributed by atoms with Gasteiger partial charge in [-0.05, 0) is 24.8 Å². The molecule has 24 heavy (non-hydrogen) atoms. The van der Waals surface area contributed by atoms with E-state index in [9.17, 15) is 4.79 Å². The lowest BCUT2D eigenvalue weighted by Crippen LogP contribution is -2.51. The maximum atomic E-state index is 12.1. The average molecular weight is 331 g/mol. The maximum absolute atomic E-state index is 12.1. The Balaban J connectivity index is 1.28. The number of ether oxygens (including phenoxy) is 1. The smallest absolute Gasteiger partial charge is 0.234 e. The van der Waals surface area contributed by atoms with Crippen LogP contribution in [0, 0.1) is 0 Å². The molecule has 0 saturated carbocycles. The molecule has 0 spiro atoms. The molecular formula is C19H29N3O2. The van der Waals surface area contributed by atoms with Gasteiger partial charge in [0.2, 0.25) is 5.91 Å². The van der Waals surface area contributed by atoms with Crippen LogP contribution in [0.3, 0.4) is 0 Å². The number of benzene rings is 1. The van der Waals surface area contributed by atoms with E-state index in [1.54, 1.807) is 0 Å². The Bertz CT molecular complexity index is 495. The molecule has 2 heterocycles. The fourth-order valence-electron chi connectivity index (χ4n) is 3.46. The fourth-order valence-corrected chi connectivity index (χ4v) is 3.46. The van der Waals surface area contributed by atoms with Crippen LogP contribution in [0.4, 0.5) is 0 Å². The quantitative estimate of drug-likeness (QED) is 0.814. The number of carbonyl (C=O) groups excluding carboxylic acids is 1. The number of amides is 1. The Morgan fingerprint density at radius 2 is 1.88 bits per heavy atom. The van der Waals surface area contributed by atoms with Crippen LogP contribution < -0.4 is 5.32 Å². The third-order valence-corrected chi connectivity index (χ3v) is 4.90. The summed E-state index contributed by atoms with van der Waals surface area (Å²) in [5.74, 6) is 0.138. The van der Waals surface area contributed by atoms with Crippen LogP contribution in [0.2, 0.25) is 0 Å². The first-order chi connectivity index (χ1) is 11.8. The Labute approximate surface area is 145 Å². The van der Waals surface area contributed by atoms with Crippen molar-refractivity contribution in [3.8, 4) is 0 Å². The topological polar surface area (TPSA) is 44.8 Å². The molecule has 3 rings (SSSR count). The van der Waals surface area contributed by atoms with Gasteiger partial charge < -0.3 is 10.1 Å². The van der Waals surface area contributed by atoms with Crippen LogP contribution in [0.15, 0.2) is 30.3 Å². The summed E-state index contributed by atoms with van der Waals surface area (Å²) in [6.45, 7) is 7.22. The maximum Gasteiger partial charge on any atom is 0.234 e. The summed E-state index contributed by atoms with van der Waals surface area (Å²) in [4.78, 5) is 16.8. The molecule has 0 aliphatic carbocycles. The van der Waals surface area contributed by atoms with Gasteiger partial charge in [-0.15, -0.1) is 0 Å². The summed E-state index contributed by atoms with van der Waals surface area (Å²) in [6, 6.07) is 10.3. The molecule has 2 aliphatic rings. The summed E-state index contributed by atoms with van der Waals surface area (Å²) in [5.41, 5.74) is 1.26. The van der Waals surface area contributed by atoms with Crippen LogP contribution in [-0.4, -0.2) is 74.2 Å². The van der Waals surface area contributed by atoms with Gasteiger partial charge in [-0.3, -0.25) is 14.6 Å². The highest BCUT2D eigenvalue weighted by atomic mass is 16.5. The van der Waals surface area contributed by atoms with E-state index in [2.05, 4.69) is 27.2 Å². The Kier molecular flexibility index (Phi) is 6.64. The molecule has 5 nitrogen and oxygen atoms in total. The largest absolute Gasteiger partial charge is 0.377 e. The van der Waals surface area contributed by atoms with Crippen molar-refractivity contribution in [1.29, 1.82) is 0 Å². The average Bonchev–Trinajstić information content (AvgIpc) is 3.11. The van der Waals surface area contributed by atoms with Crippen LogP contribution in [0.1, 0.15) is 18.4 Å². The lowest BCUT2D eigenvalue weighted by molar-refractivity contribution is -0.122. The molecule has 2 aliphatic heterocycles. The van der Waals surface area contributed by atoms with Crippen LogP contribution >= 0.6 is 0 Å². The van der Waals surface area contributed by atoms with Gasteiger partial charge in [0.15, 0.2) is 0 Å². The van der Waals surface area contributed by atoms with E-state index in [-0.39, 0.29) is 5.91 Å². The fraction of sp³-hybridized carbons (Fsp3) is 0.632.